The Morgan fingerprint density at radius 2 is 1.66 bits per heavy atom. The molecule has 1 aliphatic heterocycles. The van der Waals surface area contributed by atoms with Crippen LogP contribution in [0.5, 0.6) is 5.75 Å². The SMILES string of the molecule is C=O.CN1CCC(Oc2ccc(C(N)c3cc([NH-])ccc3N)cc2)CC1.Fc1ccccc1[CH-]C1CC1.[W+2]. The summed E-state index contributed by atoms with van der Waals surface area (Å²) in [4.78, 5) is 10.3. The summed E-state index contributed by atoms with van der Waals surface area (Å²) >= 11 is 0. The number of likely N-dealkylation sites (tertiary alicyclic amines) is 1. The van der Waals surface area contributed by atoms with Gasteiger partial charge in [-0.2, -0.15) is 18.1 Å². The summed E-state index contributed by atoms with van der Waals surface area (Å²) in [6.45, 7) is 4.16. The van der Waals surface area contributed by atoms with Gasteiger partial charge in [-0.05, 0) is 49.2 Å². The molecular formula is C30H37FN4O2W. The standard InChI is InChI=1S/C19H25N4O.C10H10F.CH2O.W/c1-23-10-8-16(9-11-23)24-15-5-2-13(3-6-15)19(22)17-12-14(20)4-7-18(17)21;11-10-4-2-1-3-9(10)7-8-5-6-8;1-2;/h2-7,12,16,19-20H,8-11,21-22H2,1H3;1-4,7-8H,5-6H2;1H2;/q2*-1;;+2. The molecule has 0 spiro atoms. The summed E-state index contributed by atoms with van der Waals surface area (Å²) in [5.41, 5.74) is 23.6. The van der Waals surface area contributed by atoms with E-state index in [4.69, 9.17) is 26.7 Å². The number of anilines is 1. The van der Waals surface area contributed by atoms with Crippen LogP contribution in [0, 0.1) is 18.2 Å². The molecule has 1 heterocycles. The maximum Gasteiger partial charge on any atom is 2.00 e. The Morgan fingerprint density at radius 1 is 1.03 bits per heavy atom. The zero-order valence-corrected chi connectivity index (χ0v) is 24.7. The number of piperidine rings is 1. The Labute approximate surface area is 240 Å². The molecule has 6 nitrogen and oxygen atoms in total. The van der Waals surface area contributed by atoms with Crippen molar-refractivity contribution in [2.45, 2.75) is 37.8 Å². The summed E-state index contributed by atoms with van der Waals surface area (Å²) in [6.07, 6.45) is 6.89. The van der Waals surface area contributed by atoms with Crippen LogP contribution in [0.1, 0.15) is 48.4 Å². The molecular weight excluding hydrogens is 651 g/mol. The van der Waals surface area contributed by atoms with Crippen LogP contribution in [0.25, 0.3) is 5.73 Å². The Kier molecular flexibility index (Phi) is 12.8. The fourth-order valence-electron chi connectivity index (χ4n) is 4.20. The fraction of sp³-hybridized carbons (Fsp3) is 0.333. The van der Waals surface area contributed by atoms with Crippen LogP contribution in [0.2, 0.25) is 0 Å². The molecule has 1 atom stereocenters. The van der Waals surface area contributed by atoms with Crippen LogP contribution < -0.4 is 16.2 Å². The number of carbonyl (C=O) groups excluding carboxylic acids is 1. The number of hydrogen-bond donors (Lipinski definition) is 2. The summed E-state index contributed by atoms with van der Waals surface area (Å²) in [7, 11) is 2.14. The first-order valence-corrected chi connectivity index (χ1v) is 12.6. The zero-order valence-electron chi connectivity index (χ0n) is 21.8. The van der Waals surface area contributed by atoms with Gasteiger partial charge in [-0.3, -0.25) is 4.39 Å². The zero-order chi connectivity index (χ0) is 26.8. The second-order valence-corrected chi connectivity index (χ2v) is 9.54. The molecule has 5 rings (SSSR count). The number of ether oxygens (including phenoxy) is 1. The van der Waals surface area contributed by atoms with Crippen molar-refractivity contribution in [3.8, 4) is 5.75 Å². The van der Waals surface area contributed by atoms with Gasteiger partial charge in [0.15, 0.2) is 0 Å². The van der Waals surface area contributed by atoms with Crippen molar-refractivity contribution in [1.82, 2.24) is 4.90 Å². The van der Waals surface area contributed by atoms with E-state index in [-0.39, 0.29) is 39.0 Å². The van der Waals surface area contributed by atoms with Gasteiger partial charge in [-0.1, -0.05) is 55.2 Å². The quantitative estimate of drug-likeness (QED) is 0.242. The first-order valence-electron chi connectivity index (χ1n) is 12.6. The van der Waals surface area contributed by atoms with E-state index in [0.717, 1.165) is 48.4 Å². The van der Waals surface area contributed by atoms with Gasteiger partial charge in [-0.15, -0.1) is 11.8 Å². The second-order valence-electron chi connectivity index (χ2n) is 9.54. The van der Waals surface area contributed by atoms with Crippen LogP contribution in [0.15, 0.2) is 66.7 Å². The average Bonchev–Trinajstić information content (AvgIpc) is 3.74. The number of nitrogens with two attached hydrogens (primary N) is 2. The van der Waals surface area contributed by atoms with E-state index in [9.17, 15) is 4.39 Å². The number of carbonyl (C=O) groups is 1. The summed E-state index contributed by atoms with van der Waals surface area (Å²) in [6, 6.07) is 19.6. The number of benzene rings is 3. The van der Waals surface area contributed by atoms with Crippen LogP contribution in [0.4, 0.5) is 15.8 Å². The molecule has 1 saturated carbocycles. The minimum absolute atomic E-state index is 0. The summed E-state index contributed by atoms with van der Waals surface area (Å²) in [5, 5.41) is 0. The average molecular weight is 688 g/mol. The Morgan fingerprint density at radius 3 is 2.26 bits per heavy atom. The Bertz CT molecular complexity index is 1120. The third kappa shape index (κ3) is 9.46. The van der Waals surface area contributed by atoms with Crippen molar-refractivity contribution in [3.05, 3.63) is 101 Å². The maximum atomic E-state index is 12.9. The van der Waals surface area contributed by atoms with E-state index in [1.54, 1.807) is 24.3 Å². The molecule has 0 amide bonds. The van der Waals surface area contributed by atoms with E-state index < -0.39 is 0 Å². The van der Waals surface area contributed by atoms with Gasteiger partial charge in [0.1, 0.15) is 18.6 Å². The minimum Gasteiger partial charge on any atom is -0.699 e. The van der Waals surface area contributed by atoms with Crippen molar-refractivity contribution in [1.29, 1.82) is 0 Å². The topological polar surface area (TPSA) is 105 Å². The number of nitrogen functional groups attached to an aromatic ring is 1. The third-order valence-electron chi connectivity index (χ3n) is 6.57. The van der Waals surface area contributed by atoms with Crippen LogP contribution in [-0.4, -0.2) is 37.9 Å². The predicted molar refractivity (Wildman–Crippen MR) is 148 cm³/mol. The molecule has 2 aliphatic rings. The van der Waals surface area contributed by atoms with Gasteiger partial charge in [0.2, 0.25) is 0 Å². The van der Waals surface area contributed by atoms with Crippen molar-refractivity contribution < 1.29 is 35.0 Å². The number of halogens is 1. The van der Waals surface area contributed by atoms with Gasteiger partial charge < -0.3 is 31.6 Å². The van der Waals surface area contributed by atoms with Crippen molar-refractivity contribution >= 4 is 18.2 Å². The van der Waals surface area contributed by atoms with Crippen molar-refractivity contribution in [2.24, 2.45) is 11.7 Å². The molecule has 202 valence electrons. The van der Waals surface area contributed by atoms with Gasteiger partial charge in [0, 0.05) is 24.6 Å². The predicted octanol–water partition coefficient (Wildman–Crippen LogP) is 6.07. The minimum atomic E-state index is -0.340. The Hall–Kier alpha value is -2.86. The molecule has 5 N–H and O–H groups in total. The number of nitrogens with one attached hydrogen (secondary N) is 1. The van der Waals surface area contributed by atoms with Gasteiger partial charge in [0.25, 0.3) is 0 Å². The molecule has 1 unspecified atom stereocenters. The fourth-order valence-corrected chi connectivity index (χ4v) is 4.20. The molecule has 8 heteroatoms. The number of nitrogens with zero attached hydrogens (tertiary/aromatic N) is 1. The van der Waals surface area contributed by atoms with Crippen LogP contribution >= 0.6 is 0 Å². The third-order valence-corrected chi connectivity index (χ3v) is 6.57. The van der Waals surface area contributed by atoms with E-state index in [0.29, 0.717) is 17.3 Å². The van der Waals surface area contributed by atoms with Gasteiger partial charge in [0.05, 0.1) is 6.04 Å². The van der Waals surface area contributed by atoms with Crippen LogP contribution in [0.3, 0.4) is 0 Å². The monoisotopic (exact) mass is 688 g/mol. The number of hydrogen-bond acceptors (Lipinski definition) is 5. The molecule has 0 radical (unpaired) electrons. The van der Waals surface area contributed by atoms with E-state index in [2.05, 4.69) is 11.9 Å². The molecule has 2 fully saturated rings. The van der Waals surface area contributed by atoms with Crippen molar-refractivity contribution in [2.75, 3.05) is 25.9 Å². The molecule has 0 aromatic heterocycles. The first-order chi connectivity index (χ1) is 17.9. The van der Waals surface area contributed by atoms with E-state index in [1.165, 1.54) is 18.9 Å². The molecule has 1 saturated heterocycles. The molecule has 0 bridgehead atoms. The number of rotatable bonds is 6. The Balaban J connectivity index is 0.000000303. The smallest absolute Gasteiger partial charge is 0.699 e. The molecule has 3 aromatic rings. The molecule has 3 aromatic carbocycles. The van der Waals surface area contributed by atoms with E-state index in [1.807, 2.05) is 49.6 Å². The summed E-state index contributed by atoms with van der Waals surface area (Å²) < 4.78 is 19.0. The molecule has 38 heavy (non-hydrogen) atoms. The van der Waals surface area contributed by atoms with Crippen LogP contribution in [-0.2, 0) is 25.9 Å². The first kappa shape index (κ1) is 31.4. The van der Waals surface area contributed by atoms with Gasteiger partial charge in [-0.25, -0.2) is 0 Å². The molecule has 1 aliphatic carbocycles. The van der Waals surface area contributed by atoms with Crippen molar-refractivity contribution in [3.63, 3.8) is 0 Å². The second kappa shape index (κ2) is 15.5. The van der Waals surface area contributed by atoms with Gasteiger partial charge >= 0.3 is 21.1 Å². The summed E-state index contributed by atoms with van der Waals surface area (Å²) in [5.74, 6) is 1.43. The largest absolute Gasteiger partial charge is 2.00 e. The van der Waals surface area contributed by atoms with E-state index >= 15 is 0 Å². The maximum absolute atomic E-state index is 12.9. The normalized spacial score (nSPS) is 16.0.